The van der Waals surface area contributed by atoms with Crippen LogP contribution >= 0.6 is 0 Å². The number of aryl methyl sites for hydroxylation is 1. The second-order valence-electron chi connectivity index (χ2n) is 3.85. The fraction of sp³-hybridized carbons (Fsp3) is 0.0714. The van der Waals surface area contributed by atoms with Crippen molar-refractivity contribution in [2.75, 3.05) is 0 Å². The number of nitrogens with zero attached hydrogens (tertiary/aromatic N) is 1. The quantitative estimate of drug-likeness (QED) is 0.622. The fourth-order valence-electron chi connectivity index (χ4n) is 1.59. The molecule has 86 valence electrons. The van der Waals surface area contributed by atoms with E-state index in [1.54, 1.807) is 6.07 Å². The minimum absolute atomic E-state index is 0.301. The van der Waals surface area contributed by atoms with Crippen LogP contribution in [0.2, 0.25) is 0 Å². The van der Waals surface area contributed by atoms with Crippen LogP contribution in [0.15, 0.2) is 53.5 Å². The van der Waals surface area contributed by atoms with Crippen molar-refractivity contribution >= 4 is 11.5 Å². The van der Waals surface area contributed by atoms with Crippen LogP contribution in [0.25, 0.3) is 0 Å². The number of hydrogen-bond acceptors (Lipinski definition) is 1. The van der Waals surface area contributed by atoms with Crippen LogP contribution < -0.4 is 5.73 Å². The molecular formula is C14H13FN2. The standard InChI is InChI=1S/C14H13FN2/c1-10-7-12(15)9-13(8-10)17-14(16)11-5-3-2-4-6-11/h2-9H,1H3,(H2,16,17). The van der Waals surface area contributed by atoms with E-state index < -0.39 is 0 Å². The number of benzene rings is 2. The van der Waals surface area contributed by atoms with E-state index in [4.69, 9.17) is 5.73 Å². The summed E-state index contributed by atoms with van der Waals surface area (Å²) in [6, 6.07) is 14.0. The number of halogens is 1. The van der Waals surface area contributed by atoms with Gasteiger partial charge in [-0.25, -0.2) is 9.38 Å². The van der Waals surface area contributed by atoms with Crippen molar-refractivity contribution in [3.05, 3.63) is 65.5 Å². The zero-order valence-electron chi connectivity index (χ0n) is 9.52. The molecule has 0 bridgehead atoms. The van der Waals surface area contributed by atoms with E-state index in [1.165, 1.54) is 12.1 Å². The molecule has 0 radical (unpaired) electrons. The number of aliphatic imine (C=N–C) groups is 1. The van der Waals surface area contributed by atoms with Crippen molar-refractivity contribution in [2.24, 2.45) is 10.7 Å². The molecule has 0 aliphatic carbocycles. The van der Waals surface area contributed by atoms with Gasteiger partial charge in [0.05, 0.1) is 5.69 Å². The molecule has 0 atom stereocenters. The lowest BCUT2D eigenvalue weighted by molar-refractivity contribution is 0.627. The predicted molar refractivity (Wildman–Crippen MR) is 68.0 cm³/mol. The molecule has 0 unspecified atom stereocenters. The highest BCUT2D eigenvalue weighted by molar-refractivity contribution is 5.98. The van der Waals surface area contributed by atoms with E-state index in [1.807, 2.05) is 37.3 Å². The Hall–Kier alpha value is -2.16. The summed E-state index contributed by atoms with van der Waals surface area (Å²) < 4.78 is 13.2. The fourth-order valence-corrected chi connectivity index (χ4v) is 1.59. The van der Waals surface area contributed by atoms with Crippen LogP contribution in [-0.4, -0.2) is 5.84 Å². The topological polar surface area (TPSA) is 38.4 Å². The van der Waals surface area contributed by atoms with Gasteiger partial charge in [0.15, 0.2) is 0 Å². The van der Waals surface area contributed by atoms with Crippen LogP contribution in [-0.2, 0) is 0 Å². The number of amidine groups is 1. The highest BCUT2D eigenvalue weighted by Gasteiger charge is 2.00. The van der Waals surface area contributed by atoms with Gasteiger partial charge in [0.2, 0.25) is 0 Å². The van der Waals surface area contributed by atoms with Gasteiger partial charge in [0, 0.05) is 5.56 Å². The van der Waals surface area contributed by atoms with Gasteiger partial charge in [-0.1, -0.05) is 30.3 Å². The summed E-state index contributed by atoms with van der Waals surface area (Å²) in [6.45, 7) is 1.82. The van der Waals surface area contributed by atoms with E-state index in [2.05, 4.69) is 4.99 Å². The smallest absolute Gasteiger partial charge is 0.131 e. The van der Waals surface area contributed by atoms with Gasteiger partial charge in [-0.3, -0.25) is 0 Å². The van der Waals surface area contributed by atoms with E-state index >= 15 is 0 Å². The molecular weight excluding hydrogens is 215 g/mol. The van der Waals surface area contributed by atoms with Crippen molar-refractivity contribution < 1.29 is 4.39 Å². The van der Waals surface area contributed by atoms with Gasteiger partial charge >= 0.3 is 0 Å². The molecule has 2 aromatic rings. The molecule has 0 saturated carbocycles. The Labute approximate surface area is 99.6 Å². The third-order valence-corrected chi connectivity index (χ3v) is 2.35. The molecule has 2 nitrogen and oxygen atoms in total. The molecule has 0 fully saturated rings. The number of hydrogen-bond donors (Lipinski definition) is 1. The maximum Gasteiger partial charge on any atom is 0.131 e. The summed E-state index contributed by atoms with van der Waals surface area (Å²) in [6.07, 6.45) is 0. The maximum atomic E-state index is 13.2. The molecule has 0 aromatic heterocycles. The minimum Gasteiger partial charge on any atom is -0.383 e. The lowest BCUT2D eigenvalue weighted by atomic mass is 10.2. The summed E-state index contributed by atoms with van der Waals surface area (Å²) in [5.41, 5.74) is 8.04. The molecule has 0 amide bonds. The Kier molecular flexibility index (Phi) is 3.19. The summed E-state index contributed by atoms with van der Waals surface area (Å²) in [5, 5.41) is 0. The lowest BCUT2D eigenvalue weighted by Gasteiger charge is -2.02. The normalized spacial score (nSPS) is 11.5. The summed E-state index contributed by atoms with van der Waals surface area (Å²) in [5.74, 6) is 0.0835. The molecule has 0 saturated heterocycles. The van der Waals surface area contributed by atoms with E-state index in [-0.39, 0.29) is 5.82 Å². The first-order valence-corrected chi connectivity index (χ1v) is 5.32. The highest BCUT2D eigenvalue weighted by Crippen LogP contribution is 2.17. The zero-order valence-corrected chi connectivity index (χ0v) is 9.52. The van der Waals surface area contributed by atoms with Crippen molar-refractivity contribution in [1.82, 2.24) is 0 Å². The molecule has 0 heterocycles. The van der Waals surface area contributed by atoms with E-state index in [0.717, 1.165) is 11.1 Å². The number of rotatable bonds is 2. The van der Waals surface area contributed by atoms with Crippen molar-refractivity contribution in [1.29, 1.82) is 0 Å². The Morgan fingerprint density at radius 2 is 1.82 bits per heavy atom. The van der Waals surface area contributed by atoms with Crippen LogP contribution in [0.1, 0.15) is 11.1 Å². The average molecular weight is 228 g/mol. The Morgan fingerprint density at radius 3 is 2.47 bits per heavy atom. The molecule has 0 aliphatic heterocycles. The van der Waals surface area contributed by atoms with Gasteiger partial charge < -0.3 is 5.73 Å². The minimum atomic E-state index is -0.301. The summed E-state index contributed by atoms with van der Waals surface area (Å²) >= 11 is 0. The van der Waals surface area contributed by atoms with Gasteiger partial charge in [-0.15, -0.1) is 0 Å². The first-order chi connectivity index (χ1) is 8.15. The van der Waals surface area contributed by atoms with Crippen LogP contribution in [0, 0.1) is 12.7 Å². The average Bonchev–Trinajstić information content (AvgIpc) is 2.28. The number of nitrogens with two attached hydrogens (primary N) is 1. The second-order valence-corrected chi connectivity index (χ2v) is 3.85. The largest absolute Gasteiger partial charge is 0.383 e. The Morgan fingerprint density at radius 1 is 1.12 bits per heavy atom. The maximum absolute atomic E-state index is 13.2. The van der Waals surface area contributed by atoms with Gasteiger partial charge in [0.25, 0.3) is 0 Å². The molecule has 17 heavy (non-hydrogen) atoms. The van der Waals surface area contributed by atoms with Gasteiger partial charge in [0.1, 0.15) is 11.7 Å². The van der Waals surface area contributed by atoms with Crippen LogP contribution in [0.5, 0.6) is 0 Å². The van der Waals surface area contributed by atoms with Crippen molar-refractivity contribution in [2.45, 2.75) is 6.92 Å². The summed E-state index contributed by atoms with van der Waals surface area (Å²) in [7, 11) is 0. The van der Waals surface area contributed by atoms with E-state index in [0.29, 0.717) is 11.5 Å². The second kappa shape index (κ2) is 4.78. The lowest BCUT2D eigenvalue weighted by Crippen LogP contribution is -2.12. The van der Waals surface area contributed by atoms with Gasteiger partial charge in [-0.05, 0) is 30.7 Å². The zero-order chi connectivity index (χ0) is 12.3. The predicted octanol–water partition coefficient (Wildman–Crippen LogP) is 3.17. The third-order valence-electron chi connectivity index (χ3n) is 2.35. The molecule has 2 N–H and O–H groups in total. The Balaban J connectivity index is 2.36. The molecule has 3 heteroatoms. The first-order valence-electron chi connectivity index (χ1n) is 5.32. The summed E-state index contributed by atoms with van der Waals surface area (Å²) in [4.78, 5) is 4.21. The molecule has 2 rings (SSSR count). The van der Waals surface area contributed by atoms with Crippen molar-refractivity contribution in [3.8, 4) is 0 Å². The monoisotopic (exact) mass is 228 g/mol. The van der Waals surface area contributed by atoms with E-state index in [9.17, 15) is 4.39 Å². The molecule has 2 aromatic carbocycles. The van der Waals surface area contributed by atoms with Crippen LogP contribution in [0.4, 0.5) is 10.1 Å². The molecule has 0 aliphatic rings. The first kappa shape index (κ1) is 11.3. The molecule has 0 spiro atoms. The SMILES string of the molecule is Cc1cc(F)cc(N=C(N)c2ccccc2)c1. The van der Waals surface area contributed by atoms with Crippen LogP contribution in [0.3, 0.4) is 0 Å². The Bertz CT molecular complexity index is 527. The highest BCUT2D eigenvalue weighted by atomic mass is 19.1. The van der Waals surface area contributed by atoms with Crippen molar-refractivity contribution in [3.63, 3.8) is 0 Å². The third kappa shape index (κ3) is 2.91. The van der Waals surface area contributed by atoms with Gasteiger partial charge in [-0.2, -0.15) is 0 Å².